The Bertz CT molecular complexity index is 516. The highest BCUT2D eigenvalue weighted by atomic mass is 16.6. The van der Waals surface area contributed by atoms with Gasteiger partial charge in [0.1, 0.15) is 0 Å². The smallest absolute Gasteiger partial charge is 0.274 e. The first-order valence-electron chi connectivity index (χ1n) is 6.26. The molecule has 102 valence electrons. The van der Waals surface area contributed by atoms with Gasteiger partial charge in [0, 0.05) is 12.6 Å². The van der Waals surface area contributed by atoms with Crippen molar-refractivity contribution in [2.75, 3.05) is 18.4 Å². The van der Waals surface area contributed by atoms with E-state index in [1.807, 2.05) is 6.92 Å². The van der Waals surface area contributed by atoms with Gasteiger partial charge in [-0.25, -0.2) is 0 Å². The molecule has 2 rings (SSSR count). The molecule has 1 heterocycles. The van der Waals surface area contributed by atoms with Crippen LogP contribution in [0.25, 0.3) is 0 Å². The average molecular weight is 263 g/mol. The summed E-state index contributed by atoms with van der Waals surface area (Å²) < 4.78 is 0. The molecular formula is C13H17N3O3. The molecule has 1 fully saturated rings. The minimum atomic E-state index is -0.440. The summed E-state index contributed by atoms with van der Waals surface area (Å²) in [6, 6.07) is 4.70. The summed E-state index contributed by atoms with van der Waals surface area (Å²) >= 11 is 0. The Morgan fingerprint density at radius 2 is 2.21 bits per heavy atom. The van der Waals surface area contributed by atoms with Gasteiger partial charge < -0.3 is 10.6 Å². The van der Waals surface area contributed by atoms with E-state index in [4.69, 9.17) is 0 Å². The highest BCUT2D eigenvalue weighted by Gasteiger charge is 2.30. The van der Waals surface area contributed by atoms with Gasteiger partial charge >= 0.3 is 0 Å². The van der Waals surface area contributed by atoms with Gasteiger partial charge in [0.15, 0.2) is 0 Å². The number of nitrogens with zero attached hydrogens (tertiary/aromatic N) is 1. The van der Waals surface area contributed by atoms with Crippen LogP contribution < -0.4 is 10.6 Å². The third kappa shape index (κ3) is 2.73. The molecule has 0 spiro atoms. The molecule has 1 aromatic carbocycles. The first kappa shape index (κ1) is 13.5. The molecule has 1 aliphatic rings. The molecule has 6 nitrogen and oxygen atoms in total. The maximum absolute atomic E-state index is 12.1. The molecule has 1 aliphatic heterocycles. The second-order valence-electron chi connectivity index (χ2n) is 4.94. The summed E-state index contributed by atoms with van der Waals surface area (Å²) in [4.78, 5) is 22.5. The zero-order valence-corrected chi connectivity index (χ0v) is 11.0. The van der Waals surface area contributed by atoms with Crippen molar-refractivity contribution in [2.45, 2.75) is 13.8 Å². The van der Waals surface area contributed by atoms with Crippen LogP contribution in [0, 0.1) is 28.9 Å². The van der Waals surface area contributed by atoms with Crippen molar-refractivity contribution >= 4 is 17.3 Å². The normalized spacial score (nSPS) is 22.2. The fourth-order valence-electron chi connectivity index (χ4n) is 2.34. The van der Waals surface area contributed by atoms with Gasteiger partial charge in [-0.3, -0.25) is 14.9 Å². The Morgan fingerprint density at radius 1 is 1.47 bits per heavy atom. The van der Waals surface area contributed by atoms with Crippen molar-refractivity contribution in [3.63, 3.8) is 0 Å². The monoisotopic (exact) mass is 263 g/mol. The Morgan fingerprint density at radius 3 is 2.79 bits per heavy atom. The van der Waals surface area contributed by atoms with Crippen LogP contribution in [0.5, 0.6) is 0 Å². The van der Waals surface area contributed by atoms with Gasteiger partial charge in [0.25, 0.3) is 5.69 Å². The number of nitrogens with one attached hydrogen (secondary N) is 2. The fourth-order valence-corrected chi connectivity index (χ4v) is 2.34. The highest BCUT2D eigenvalue weighted by molar-refractivity contribution is 5.94. The van der Waals surface area contributed by atoms with Gasteiger partial charge in [-0.15, -0.1) is 0 Å². The Labute approximate surface area is 111 Å². The standard InChI is InChI=1S/C13H17N3O3/c1-8-6-14-7-10(8)13(17)15-11-4-3-5-12(9(11)2)16(18)19/h3-5,8,10,14H,6-7H2,1-2H3,(H,15,17)/t8-,10-/m1/s1. The van der Waals surface area contributed by atoms with E-state index in [-0.39, 0.29) is 23.4 Å². The minimum absolute atomic E-state index is 0.0235. The number of hydrogen-bond acceptors (Lipinski definition) is 4. The summed E-state index contributed by atoms with van der Waals surface area (Å²) in [7, 11) is 0. The van der Waals surface area contributed by atoms with Gasteiger partial charge in [-0.1, -0.05) is 13.0 Å². The number of nitro groups is 1. The Kier molecular flexibility index (Phi) is 3.80. The van der Waals surface area contributed by atoms with E-state index in [0.717, 1.165) is 6.54 Å². The molecule has 6 heteroatoms. The summed E-state index contributed by atoms with van der Waals surface area (Å²) in [5.74, 6) is 0.110. The zero-order valence-electron chi connectivity index (χ0n) is 11.0. The van der Waals surface area contributed by atoms with Gasteiger partial charge in [0.2, 0.25) is 5.91 Å². The lowest BCUT2D eigenvalue weighted by Gasteiger charge is -2.15. The summed E-state index contributed by atoms with van der Waals surface area (Å²) in [5.41, 5.74) is 1.02. The number of nitro benzene ring substituents is 1. The molecule has 0 unspecified atom stereocenters. The maximum atomic E-state index is 12.1. The van der Waals surface area contributed by atoms with E-state index >= 15 is 0 Å². The lowest BCUT2D eigenvalue weighted by atomic mass is 9.97. The van der Waals surface area contributed by atoms with E-state index in [2.05, 4.69) is 10.6 Å². The topological polar surface area (TPSA) is 84.3 Å². The van der Waals surface area contributed by atoms with Crippen LogP contribution in [-0.4, -0.2) is 23.9 Å². The molecule has 1 aromatic rings. The molecule has 2 N–H and O–H groups in total. The second-order valence-corrected chi connectivity index (χ2v) is 4.94. The van der Waals surface area contributed by atoms with Crippen LogP contribution in [0.15, 0.2) is 18.2 Å². The van der Waals surface area contributed by atoms with Crippen LogP contribution in [-0.2, 0) is 4.79 Å². The van der Waals surface area contributed by atoms with Crippen LogP contribution in [0.1, 0.15) is 12.5 Å². The third-order valence-electron chi connectivity index (χ3n) is 3.61. The van der Waals surface area contributed by atoms with Crippen LogP contribution in [0.2, 0.25) is 0 Å². The molecule has 2 atom stereocenters. The number of hydrogen-bond donors (Lipinski definition) is 2. The van der Waals surface area contributed by atoms with Crippen molar-refractivity contribution in [1.82, 2.24) is 5.32 Å². The van der Waals surface area contributed by atoms with Crippen molar-refractivity contribution in [3.05, 3.63) is 33.9 Å². The lowest BCUT2D eigenvalue weighted by Crippen LogP contribution is -2.28. The number of anilines is 1. The molecule has 1 amide bonds. The molecular weight excluding hydrogens is 246 g/mol. The van der Waals surface area contributed by atoms with Gasteiger partial charge in [0.05, 0.1) is 22.1 Å². The van der Waals surface area contributed by atoms with Crippen LogP contribution in [0.3, 0.4) is 0 Å². The Hall–Kier alpha value is -1.95. The van der Waals surface area contributed by atoms with E-state index < -0.39 is 4.92 Å². The molecule has 19 heavy (non-hydrogen) atoms. The van der Waals surface area contributed by atoms with E-state index in [1.54, 1.807) is 19.1 Å². The van der Waals surface area contributed by atoms with Crippen molar-refractivity contribution in [3.8, 4) is 0 Å². The number of rotatable bonds is 3. The summed E-state index contributed by atoms with van der Waals surface area (Å²) in [6.07, 6.45) is 0. The quantitative estimate of drug-likeness (QED) is 0.642. The van der Waals surface area contributed by atoms with E-state index in [1.165, 1.54) is 6.07 Å². The van der Waals surface area contributed by atoms with Crippen LogP contribution in [0.4, 0.5) is 11.4 Å². The molecule has 1 saturated heterocycles. The SMILES string of the molecule is Cc1c(NC(=O)[C@@H]2CNC[C@H]2C)cccc1[N+](=O)[O-]. The number of benzene rings is 1. The molecule has 0 saturated carbocycles. The van der Waals surface area contributed by atoms with Gasteiger partial charge in [-0.05, 0) is 25.5 Å². The molecule has 0 aromatic heterocycles. The van der Waals surface area contributed by atoms with E-state index in [9.17, 15) is 14.9 Å². The fraction of sp³-hybridized carbons (Fsp3) is 0.462. The van der Waals surface area contributed by atoms with Gasteiger partial charge in [-0.2, -0.15) is 0 Å². The number of carbonyl (C=O) groups is 1. The average Bonchev–Trinajstić information content (AvgIpc) is 2.77. The first-order valence-corrected chi connectivity index (χ1v) is 6.26. The molecule has 0 bridgehead atoms. The lowest BCUT2D eigenvalue weighted by molar-refractivity contribution is -0.385. The molecule has 0 radical (unpaired) electrons. The minimum Gasteiger partial charge on any atom is -0.325 e. The highest BCUT2D eigenvalue weighted by Crippen LogP contribution is 2.26. The largest absolute Gasteiger partial charge is 0.325 e. The maximum Gasteiger partial charge on any atom is 0.274 e. The second kappa shape index (κ2) is 5.36. The Balaban J connectivity index is 2.17. The van der Waals surface area contributed by atoms with Crippen molar-refractivity contribution in [2.24, 2.45) is 11.8 Å². The van der Waals surface area contributed by atoms with E-state index in [0.29, 0.717) is 17.8 Å². The van der Waals surface area contributed by atoms with Crippen molar-refractivity contribution < 1.29 is 9.72 Å². The predicted molar refractivity (Wildman–Crippen MR) is 72.0 cm³/mol. The van der Waals surface area contributed by atoms with Crippen LogP contribution >= 0.6 is 0 Å². The number of carbonyl (C=O) groups excluding carboxylic acids is 1. The zero-order chi connectivity index (χ0) is 14.0. The first-order chi connectivity index (χ1) is 9.00. The summed E-state index contributed by atoms with van der Waals surface area (Å²) in [6.45, 7) is 5.14. The number of amides is 1. The summed E-state index contributed by atoms with van der Waals surface area (Å²) in [5, 5.41) is 16.8. The van der Waals surface area contributed by atoms with Crippen molar-refractivity contribution in [1.29, 1.82) is 0 Å². The predicted octanol–water partition coefficient (Wildman–Crippen LogP) is 1.70. The third-order valence-corrected chi connectivity index (χ3v) is 3.61. The molecule has 0 aliphatic carbocycles.